The van der Waals surface area contributed by atoms with Gasteiger partial charge in [-0.2, -0.15) is 5.26 Å². The molecule has 5 heteroatoms. The van der Waals surface area contributed by atoms with Crippen LogP contribution in [0.25, 0.3) is 5.69 Å². The standard InChI is InChI=1S/C12H13N5/c1-2-10(14)11-4-3-9(8-16-11)17-6-5-15-12(17)7-13/h3-6,8,10H,2,14H2,1H3/t10-/m0/s1. The van der Waals surface area contributed by atoms with Crippen LogP contribution in [0, 0.1) is 11.3 Å². The van der Waals surface area contributed by atoms with E-state index in [1.54, 1.807) is 23.2 Å². The molecule has 0 spiro atoms. The van der Waals surface area contributed by atoms with E-state index in [0.717, 1.165) is 17.8 Å². The molecule has 1 atom stereocenters. The average molecular weight is 227 g/mol. The zero-order valence-corrected chi connectivity index (χ0v) is 9.54. The quantitative estimate of drug-likeness (QED) is 0.862. The topological polar surface area (TPSA) is 80.5 Å². The van der Waals surface area contributed by atoms with E-state index in [2.05, 4.69) is 9.97 Å². The lowest BCUT2D eigenvalue weighted by Gasteiger charge is -2.09. The molecule has 2 N–H and O–H groups in total. The van der Waals surface area contributed by atoms with Gasteiger partial charge in [-0.05, 0) is 18.6 Å². The molecule has 0 aliphatic carbocycles. The van der Waals surface area contributed by atoms with Gasteiger partial charge >= 0.3 is 0 Å². The van der Waals surface area contributed by atoms with Gasteiger partial charge in [0.05, 0.1) is 17.6 Å². The van der Waals surface area contributed by atoms with Crippen molar-refractivity contribution in [2.45, 2.75) is 19.4 Å². The minimum Gasteiger partial charge on any atom is -0.323 e. The molecule has 17 heavy (non-hydrogen) atoms. The largest absolute Gasteiger partial charge is 0.323 e. The number of nitriles is 1. The number of nitrogens with two attached hydrogens (primary N) is 1. The summed E-state index contributed by atoms with van der Waals surface area (Å²) in [6.07, 6.45) is 5.87. The summed E-state index contributed by atoms with van der Waals surface area (Å²) in [5.74, 6) is 0.347. The molecule has 2 aromatic rings. The van der Waals surface area contributed by atoms with E-state index in [9.17, 15) is 0 Å². The fraction of sp³-hybridized carbons (Fsp3) is 0.250. The maximum atomic E-state index is 8.88. The van der Waals surface area contributed by atoms with E-state index in [1.165, 1.54) is 0 Å². The van der Waals surface area contributed by atoms with Crippen molar-refractivity contribution in [3.05, 3.63) is 42.2 Å². The van der Waals surface area contributed by atoms with E-state index in [-0.39, 0.29) is 6.04 Å². The predicted octanol–water partition coefficient (Wildman–Crippen LogP) is 1.55. The van der Waals surface area contributed by atoms with E-state index >= 15 is 0 Å². The SMILES string of the molecule is CC[C@H](N)c1ccc(-n2ccnc2C#N)cn1. The molecule has 0 amide bonds. The Labute approximate surface area is 99.5 Å². The first-order chi connectivity index (χ1) is 8.26. The van der Waals surface area contributed by atoms with Crippen molar-refractivity contribution in [2.75, 3.05) is 0 Å². The van der Waals surface area contributed by atoms with Crippen LogP contribution in [0.2, 0.25) is 0 Å². The number of imidazole rings is 1. The second-order valence-corrected chi connectivity index (χ2v) is 3.69. The molecule has 0 unspecified atom stereocenters. The van der Waals surface area contributed by atoms with Crippen LogP contribution in [0.1, 0.15) is 30.9 Å². The van der Waals surface area contributed by atoms with Crippen LogP contribution >= 0.6 is 0 Å². The first-order valence-electron chi connectivity index (χ1n) is 5.41. The Morgan fingerprint density at radius 2 is 2.29 bits per heavy atom. The molecule has 0 bridgehead atoms. The third-order valence-corrected chi connectivity index (χ3v) is 2.61. The van der Waals surface area contributed by atoms with E-state index in [1.807, 2.05) is 25.1 Å². The predicted molar refractivity (Wildman–Crippen MR) is 63.3 cm³/mol. The molecular weight excluding hydrogens is 214 g/mol. The third-order valence-electron chi connectivity index (χ3n) is 2.61. The normalized spacial score (nSPS) is 12.1. The summed E-state index contributed by atoms with van der Waals surface area (Å²) in [6, 6.07) is 5.75. The molecule has 5 nitrogen and oxygen atoms in total. The van der Waals surface area contributed by atoms with Gasteiger partial charge in [0, 0.05) is 18.4 Å². The van der Waals surface area contributed by atoms with Crippen LogP contribution in [0.15, 0.2) is 30.7 Å². The highest BCUT2D eigenvalue weighted by Gasteiger charge is 2.07. The van der Waals surface area contributed by atoms with Crippen LogP contribution in [-0.2, 0) is 0 Å². The van der Waals surface area contributed by atoms with Gasteiger partial charge in [0.15, 0.2) is 0 Å². The Bertz CT molecular complexity index is 535. The minimum absolute atomic E-state index is 0.0396. The molecule has 0 radical (unpaired) electrons. The van der Waals surface area contributed by atoms with Gasteiger partial charge < -0.3 is 5.73 Å². The Kier molecular flexibility index (Phi) is 3.17. The molecule has 2 aromatic heterocycles. The summed E-state index contributed by atoms with van der Waals surface area (Å²) in [6.45, 7) is 2.02. The zero-order chi connectivity index (χ0) is 12.3. The molecule has 0 saturated carbocycles. The van der Waals surface area contributed by atoms with Crippen molar-refractivity contribution >= 4 is 0 Å². The van der Waals surface area contributed by atoms with Crippen LogP contribution in [0.3, 0.4) is 0 Å². The molecule has 0 fully saturated rings. The van der Waals surface area contributed by atoms with Crippen molar-refractivity contribution < 1.29 is 0 Å². The van der Waals surface area contributed by atoms with Gasteiger partial charge in [-0.25, -0.2) is 4.98 Å². The first kappa shape index (κ1) is 11.3. The maximum absolute atomic E-state index is 8.88. The molecule has 0 aliphatic rings. The summed E-state index contributed by atoms with van der Waals surface area (Å²) in [4.78, 5) is 8.23. The molecule has 0 aromatic carbocycles. The highest BCUT2D eigenvalue weighted by Crippen LogP contribution is 2.14. The third kappa shape index (κ3) is 2.17. The number of hydrogen-bond acceptors (Lipinski definition) is 4. The van der Waals surface area contributed by atoms with Crippen LogP contribution in [0.5, 0.6) is 0 Å². The fourth-order valence-corrected chi connectivity index (χ4v) is 1.56. The number of pyridine rings is 1. The molecular formula is C12H13N5. The number of hydrogen-bond donors (Lipinski definition) is 1. The van der Waals surface area contributed by atoms with Gasteiger partial charge in [-0.15, -0.1) is 0 Å². The summed E-state index contributed by atoms with van der Waals surface area (Å²) >= 11 is 0. The smallest absolute Gasteiger partial charge is 0.217 e. The Hall–Kier alpha value is -2.19. The van der Waals surface area contributed by atoms with Gasteiger partial charge in [0.1, 0.15) is 6.07 Å². The van der Waals surface area contributed by atoms with Crippen LogP contribution in [0.4, 0.5) is 0 Å². The van der Waals surface area contributed by atoms with Crippen molar-refractivity contribution in [3.63, 3.8) is 0 Å². The van der Waals surface area contributed by atoms with E-state index < -0.39 is 0 Å². The van der Waals surface area contributed by atoms with Gasteiger partial charge in [0.2, 0.25) is 5.82 Å². The minimum atomic E-state index is -0.0396. The molecule has 2 heterocycles. The lowest BCUT2D eigenvalue weighted by molar-refractivity contribution is 0.675. The van der Waals surface area contributed by atoms with Crippen molar-refractivity contribution in [1.29, 1.82) is 5.26 Å². The molecule has 0 aliphatic heterocycles. The van der Waals surface area contributed by atoms with Crippen molar-refractivity contribution in [1.82, 2.24) is 14.5 Å². The second kappa shape index (κ2) is 4.76. The van der Waals surface area contributed by atoms with Crippen LogP contribution < -0.4 is 5.73 Å². The van der Waals surface area contributed by atoms with Crippen molar-refractivity contribution in [3.8, 4) is 11.8 Å². The first-order valence-corrected chi connectivity index (χ1v) is 5.41. The summed E-state index contributed by atoms with van der Waals surface area (Å²) in [7, 11) is 0. The molecule has 0 saturated heterocycles. The second-order valence-electron chi connectivity index (χ2n) is 3.69. The number of aromatic nitrogens is 3. The summed E-state index contributed by atoms with van der Waals surface area (Å²) in [5.41, 5.74) is 7.55. The molecule has 2 rings (SSSR count). The Morgan fingerprint density at radius 3 is 2.88 bits per heavy atom. The highest BCUT2D eigenvalue weighted by molar-refractivity contribution is 5.34. The van der Waals surface area contributed by atoms with Crippen molar-refractivity contribution in [2.24, 2.45) is 5.73 Å². The van der Waals surface area contributed by atoms with Gasteiger partial charge in [-0.3, -0.25) is 9.55 Å². The van der Waals surface area contributed by atoms with Gasteiger partial charge in [-0.1, -0.05) is 6.92 Å². The number of nitrogens with zero attached hydrogens (tertiary/aromatic N) is 4. The monoisotopic (exact) mass is 227 g/mol. The highest BCUT2D eigenvalue weighted by atomic mass is 15.1. The average Bonchev–Trinajstić information content (AvgIpc) is 2.86. The molecule has 86 valence electrons. The summed E-state index contributed by atoms with van der Waals surface area (Å²) < 4.78 is 1.69. The Morgan fingerprint density at radius 1 is 1.47 bits per heavy atom. The van der Waals surface area contributed by atoms with Gasteiger partial charge in [0.25, 0.3) is 0 Å². The maximum Gasteiger partial charge on any atom is 0.217 e. The van der Waals surface area contributed by atoms with Crippen LogP contribution in [-0.4, -0.2) is 14.5 Å². The zero-order valence-electron chi connectivity index (χ0n) is 9.54. The lowest BCUT2D eigenvalue weighted by atomic mass is 10.1. The number of rotatable bonds is 3. The van der Waals surface area contributed by atoms with E-state index in [4.69, 9.17) is 11.0 Å². The van der Waals surface area contributed by atoms with E-state index in [0.29, 0.717) is 5.82 Å². The fourth-order valence-electron chi connectivity index (χ4n) is 1.56. The lowest BCUT2D eigenvalue weighted by Crippen LogP contribution is -2.10. The Balaban J connectivity index is 2.33. The summed E-state index contributed by atoms with van der Waals surface area (Å²) in [5, 5.41) is 8.88.